The molecule has 45 heavy (non-hydrogen) atoms. The number of rotatable bonds is 14. The van der Waals surface area contributed by atoms with Crippen molar-refractivity contribution < 1.29 is 31.5 Å². The molecule has 2 amide bonds. The average molecular weight is 636 g/mol. The Balaban J connectivity index is 1.79. The summed E-state index contributed by atoms with van der Waals surface area (Å²) in [5, 5.41) is 2.79. The third kappa shape index (κ3) is 8.66. The van der Waals surface area contributed by atoms with Gasteiger partial charge in [-0.2, -0.15) is 0 Å². The third-order valence-corrected chi connectivity index (χ3v) is 8.79. The molecule has 0 bridgehead atoms. The fourth-order valence-electron chi connectivity index (χ4n) is 4.77. The van der Waals surface area contributed by atoms with Gasteiger partial charge in [-0.25, -0.2) is 17.2 Å². The molecule has 236 valence electrons. The zero-order chi connectivity index (χ0) is 32.4. The fourth-order valence-corrected chi connectivity index (χ4v) is 6.18. The van der Waals surface area contributed by atoms with Crippen molar-refractivity contribution >= 4 is 27.5 Å². The van der Waals surface area contributed by atoms with E-state index >= 15 is 0 Å². The van der Waals surface area contributed by atoms with E-state index in [0.717, 1.165) is 34.1 Å². The molecule has 0 radical (unpaired) electrons. The summed E-state index contributed by atoms with van der Waals surface area (Å²) in [6, 6.07) is 24.1. The Hall–Kier alpha value is -4.77. The minimum atomic E-state index is -4.39. The maximum Gasteiger partial charge on any atom is 0.264 e. The zero-order valence-electron chi connectivity index (χ0n) is 25.0. The molecule has 4 aromatic rings. The number of likely N-dealkylation sites (N-methyl/N-ethyl adjacent to an activating group) is 1. The molecule has 0 aliphatic rings. The first-order chi connectivity index (χ1) is 21.6. The second-order valence-corrected chi connectivity index (χ2v) is 12.0. The van der Waals surface area contributed by atoms with Gasteiger partial charge in [-0.05, 0) is 85.6 Å². The highest BCUT2D eigenvalue weighted by atomic mass is 32.2. The molecule has 0 heterocycles. The van der Waals surface area contributed by atoms with E-state index in [0.29, 0.717) is 24.5 Å². The first kappa shape index (κ1) is 33.1. The number of hydrogen-bond donors (Lipinski definition) is 1. The number of nitrogens with zero attached hydrogens (tertiary/aromatic N) is 2. The summed E-state index contributed by atoms with van der Waals surface area (Å²) in [6.07, 6.45) is 0.146. The van der Waals surface area contributed by atoms with Crippen LogP contribution < -0.4 is 14.4 Å². The van der Waals surface area contributed by atoms with Gasteiger partial charge in [-0.15, -0.1) is 0 Å². The van der Waals surface area contributed by atoms with Crippen LogP contribution in [0.15, 0.2) is 108 Å². The number of ether oxygens (including phenoxy) is 1. The van der Waals surface area contributed by atoms with Crippen LogP contribution in [-0.4, -0.2) is 50.9 Å². The van der Waals surface area contributed by atoms with Crippen molar-refractivity contribution in [3.8, 4) is 5.75 Å². The summed E-state index contributed by atoms with van der Waals surface area (Å²) in [5.41, 5.74) is 1.49. The van der Waals surface area contributed by atoms with Crippen LogP contribution >= 0.6 is 0 Å². The van der Waals surface area contributed by atoms with Gasteiger partial charge < -0.3 is 15.0 Å². The lowest BCUT2D eigenvalue weighted by Crippen LogP contribution is -2.53. The standard InChI is InChI=1S/C34H35F2N3O5S/c1-3-37-34(41)32(22-25-8-6-5-7-9-25)38(23-26-10-12-27(35)13-11-26)33(40)24-39(29-16-18-30(19-17-29)44-4-2)45(42,43)31-20-14-28(36)15-21-31/h5-21,32H,3-4,22-24H2,1-2H3,(H,37,41)/t32-/m0/s1. The van der Waals surface area contributed by atoms with Gasteiger partial charge >= 0.3 is 0 Å². The second kappa shape index (κ2) is 15.3. The van der Waals surface area contributed by atoms with Crippen molar-refractivity contribution in [2.75, 3.05) is 24.0 Å². The molecular formula is C34H35F2N3O5S. The molecule has 1 atom stereocenters. The number of carbonyl (C=O) groups is 2. The molecule has 0 saturated heterocycles. The van der Waals surface area contributed by atoms with Crippen molar-refractivity contribution in [3.05, 3.63) is 126 Å². The monoisotopic (exact) mass is 635 g/mol. The number of carbonyl (C=O) groups excluding carboxylic acids is 2. The molecule has 4 rings (SSSR count). The molecule has 0 fully saturated rings. The number of amides is 2. The van der Waals surface area contributed by atoms with Gasteiger partial charge in [0.05, 0.1) is 17.2 Å². The van der Waals surface area contributed by atoms with Crippen LogP contribution in [0.2, 0.25) is 0 Å². The first-order valence-corrected chi connectivity index (χ1v) is 15.9. The van der Waals surface area contributed by atoms with E-state index in [1.165, 1.54) is 41.3 Å². The summed E-state index contributed by atoms with van der Waals surface area (Å²) >= 11 is 0. The smallest absolute Gasteiger partial charge is 0.264 e. The van der Waals surface area contributed by atoms with Gasteiger partial charge in [0.25, 0.3) is 10.0 Å². The molecule has 0 unspecified atom stereocenters. The van der Waals surface area contributed by atoms with E-state index in [1.54, 1.807) is 19.1 Å². The van der Waals surface area contributed by atoms with E-state index < -0.39 is 46.1 Å². The number of halogens is 2. The van der Waals surface area contributed by atoms with Crippen molar-refractivity contribution in [1.29, 1.82) is 0 Å². The van der Waals surface area contributed by atoms with Gasteiger partial charge in [-0.3, -0.25) is 13.9 Å². The van der Waals surface area contributed by atoms with Crippen LogP contribution in [0.5, 0.6) is 5.75 Å². The highest BCUT2D eigenvalue weighted by molar-refractivity contribution is 7.92. The van der Waals surface area contributed by atoms with Crippen molar-refractivity contribution in [2.24, 2.45) is 0 Å². The molecular weight excluding hydrogens is 600 g/mol. The summed E-state index contributed by atoms with van der Waals surface area (Å²) in [6.45, 7) is 3.50. The van der Waals surface area contributed by atoms with E-state index in [2.05, 4.69) is 5.32 Å². The molecule has 8 nitrogen and oxygen atoms in total. The number of sulfonamides is 1. The molecule has 0 aromatic heterocycles. The molecule has 0 spiro atoms. The number of anilines is 1. The summed E-state index contributed by atoms with van der Waals surface area (Å²) in [5.74, 6) is -1.68. The molecule has 4 aromatic carbocycles. The lowest BCUT2D eigenvalue weighted by molar-refractivity contribution is -0.140. The molecule has 0 aliphatic carbocycles. The number of nitrogens with one attached hydrogen (secondary N) is 1. The summed E-state index contributed by atoms with van der Waals surface area (Å²) < 4.78 is 61.9. The summed E-state index contributed by atoms with van der Waals surface area (Å²) in [7, 11) is -4.39. The molecule has 0 saturated carbocycles. The van der Waals surface area contributed by atoms with Crippen molar-refractivity contribution in [3.63, 3.8) is 0 Å². The number of benzene rings is 4. The Labute approximate surface area is 262 Å². The Bertz CT molecular complexity index is 1670. The first-order valence-electron chi connectivity index (χ1n) is 14.5. The molecule has 1 N–H and O–H groups in total. The zero-order valence-corrected chi connectivity index (χ0v) is 25.8. The minimum absolute atomic E-state index is 0.0958. The Morgan fingerprint density at radius 3 is 1.98 bits per heavy atom. The highest BCUT2D eigenvalue weighted by Crippen LogP contribution is 2.27. The van der Waals surface area contributed by atoms with E-state index in [9.17, 15) is 26.8 Å². The predicted molar refractivity (Wildman–Crippen MR) is 168 cm³/mol. The van der Waals surface area contributed by atoms with Crippen LogP contribution in [0.25, 0.3) is 0 Å². The van der Waals surface area contributed by atoms with Gasteiger partial charge in [0.2, 0.25) is 11.8 Å². The maximum atomic E-state index is 14.3. The Kier molecular flexibility index (Phi) is 11.3. The predicted octanol–water partition coefficient (Wildman–Crippen LogP) is 5.34. The van der Waals surface area contributed by atoms with Crippen LogP contribution in [0.1, 0.15) is 25.0 Å². The maximum absolute atomic E-state index is 14.3. The lowest BCUT2D eigenvalue weighted by atomic mass is 10.0. The molecule has 0 aliphatic heterocycles. The van der Waals surface area contributed by atoms with E-state index in [4.69, 9.17) is 4.74 Å². The average Bonchev–Trinajstić information content (AvgIpc) is 3.03. The van der Waals surface area contributed by atoms with Gasteiger partial charge in [0.1, 0.15) is 30.0 Å². The second-order valence-electron chi connectivity index (χ2n) is 10.1. The normalized spacial score (nSPS) is 11.8. The van der Waals surface area contributed by atoms with E-state index in [-0.39, 0.29) is 23.5 Å². The quantitative estimate of drug-likeness (QED) is 0.202. The topological polar surface area (TPSA) is 96.0 Å². The van der Waals surface area contributed by atoms with Gasteiger partial charge in [-0.1, -0.05) is 42.5 Å². The van der Waals surface area contributed by atoms with Crippen molar-refractivity contribution in [1.82, 2.24) is 10.2 Å². The van der Waals surface area contributed by atoms with Crippen LogP contribution in [-0.2, 0) is 32.6 Å². The minimum Gasteiger partial charge on any atom is -0.494 e. The number of hydrogen-bond acceptors (Lipinski definition) is 5. The van der Waals surface area contributed by atoms with Crippen LogP contribution in [0.3, 0.4) is 0 Å². The molecule has 11 heteroatoms. The third-order valence-electron chi connectivity index (χ3n) is 7.00. The Morgan fingerprint density at radius 2 is 1.40 bits per heavy atom. The highest BCUT2D eigenvalue weighted by Gasteiger charge is 2.34. The van der Waals surface area contributed by atoms with Crippen LogP contribution in [0.4, 0.5) is 14.5 Å². The fraction of sp³-hybridized carbons (Fsp3) is 0.235. The SMILES string of the molecule is CCNC(=O)[C@H](Cc1ccccc1)N(Cc1ccc(F)cc1)C(=O)CN(c1ccc(OCC)cc1)S(=O)(=O)c1ccc(F)cc1. The van der Waals surface area contributed by atoms with Gasteiger partial charge in [0.15, 0.2) is 0 Å². The largest absolute Gasteiger partial charge is 0.494 e. The van der Waals surface area contributed by atoms with Gasteiger partial charge in [0, 0.05) is 19.5 Å². The van der Waals surface area contributed by atoms with E-state index in [1.807, 2.05) is 37.3 Å². The summed E-state index contributed by atoms with van der Waals surface area (Å²) in [4.78, 5) is 28.9. The Morgan fingerprint density at radius 1 is 0.800 bits per heavy atom. The van der Waals surface area contributed by atoms with Crippen LogP contribution in [0, 0.1) is 11.6 Å². The lowest BCUT2D eigenvalue weighted by Gasteiger charge is -2.33. The van der Waals surface area contributed by atoms with Crippen molar-refractivity contribution in [2.45, 2.75) is 37.8 Å².